The van der Waals surface area contributed by atoms with Crippen molar-refractivity contribution in [3.8, 4) is 0 Å². The number of hydrogen-bond donors (Lipinski definition) is 1. The molecule has 1 aromatic carbocycles. The van der Waals surface area contributed by atoms with Crippen LogP contribution in [0.1, 0.15) is 41.4 Å². The lowest BCUT2D eigenvalue weighted by atomic mass is 10.1. The molecule has 1 N–H and O–H groups in total. The molecule has 0 saturated carbocycles. The monoisotopic (exact) mass is 351 g/mol. The summed E-state index contributed by atoms with van der Waals surface area (Å²) in [6.45, 7) is 1.27. The summed E-state index contributed by atoms with van der Waals surface area (Å²) in [7, 11) is 0. The SMILES string of the molecule is O=C(C[C@H]1c2ncccc2C(=O)N1c1ccccc1)NC[C@@H]1CCCO1. The van der Waals surface area contributed by atoms with Gasteiger partial charge in [-0.3, -0.25) is 19.5 Å². The fourth-order valence-electron chi connectivity index (χ4n) is 3.61. The predicted molar refractivity (Wildman–Crippen MR) is 96.8 cm³/mol. The molecule has 2 aliphatic heterocycles. The minimum atomic E-state index is -0.398. The fourth-order valence-corrected chi connectivity index (χ4v) is 3.61. The summed E-state index contributed by atoms with van der Waals surface area (Å²) in [4.78, 5) is 31.5. The Morgan fingerprint density at radius 1 is 1.23 bits per heavy atom. The van der Waals surface area contributed by atoms with Gasteiger partial charge in [-0.1, -0.05) is 18.2 Å². The van der Waals surface area contributed by atoms with Crippen molar-refractivity contribution in [3.05, 3.63) is 59.9 Å². The molecule has 1 fully saturated rings. The number of amides is 2. The van der Waals surface area contributed by atoms with Gasteiger partial charge in [-0.2, -0.15) is 0 Å². The average molecular weight is 351 g/mol. The van der Waals surface area contributed by atoms with E-state index in [4.69, 9.17) is 4.74 Å². The number of carbonyl (C=O) groups is 2. The number of pyridine rings is 1. The maximum atomic E-state index is 12.9. The van der Waals surface area contributed by atoms with Crippen LogP contribution < -0.4 is 10.2 Å². The molecule has 134 valence electrons. The second kappa shape index (κ2) is 7.25. The molecule has 0 aliphatic carbocycles. The van der Waals surface area contributed by atoms with Crippen molar-refractivity contribution in [1.29, 1.82) is 0 Å². The van der Waals surface area contributed by atoms with Crippen molar-refractivity contribution >= 4 is 17.5 Å². The zero-order chi connectivity index (χ0) is 17.9. The third-order valence-corrected chi connectivity index (χ3v) is 4.88. The number of benzene rings is 1. The normalized spacial score (nSPS) is 21.7. The van der Waals surface area contributed by atoms with E-state index in [1.165, 1.54) is 0 Å². The predicted octanol–water partition coefficient (Wildman–Crippen LogP) is 2.47. The average Bonchev–Trinajstić information content (AvgIpc) is 3.28. The van der Waals surface area contributed by atoms with E-state index in [1.807, 2.05) is 30.3 Å². The minimum absolute atomic E-state index is 0.0970. The van der Waals surface area contributed by atoms with E-state index in [1.54, 1.807) is 23.2 Å². The number of carbonyl (C=O) groups excluding carboxylic acids is 2. The summed E-state index contributed by atoms with van der Waals surface area (Å²) >= 11 is 0. The van der Waals surface area contributed by atoms with E-state index in [9.17, 15) is 9.59 Å². The highest BCUT2D eigenvalue weighted by Gasteiger charge is 2.39. The molecule has 0 spiro atoms. The van der Waals surface area contributed by atoms with E-state index in [-0.39, 0.29) is 24.3 Å². The van der Waals surface area contributed by atoms with Gasteiger partial charge in [-0.15, -0.1) is 0 Å². The first-order valence-electron chi connectivity index (χ1n) is 8.96. The number of nitrogens with zero attached hydrogens (tertiary/aromatic N) is 2. The molecule has 4 rings (SSSR count). The van der Waals surface area contributed by atoms with E-state index in [2.05, 4.69) is 10.3 Å². The third-order valence-electron chi connectivity index (χ3n) is 4.88. The highest BCUT2D eigenvalue weighted by molar-refractivity contribution is 6.11. The highest BCUT2D eigenvalue weighted by atomic mass is 16.5. The first-order chi connectivity index (χ1) is 12.7. The number of fused-ring (bicyclic) bond motifs is 1. The smallest absolute Gasteiger partial charge is 0.260 e. The second-order valence-corrected chi connectivity index (χ2v) is 6.61. The van der Waals surface area contributed by atoms with E-state index in [0.29, 0.717) is 17.8 Å². The first-order valence-corrected chi connectivity index (χ1v) is 8.96. The lowest BCUT2D eigenvalue weighted by molar-refractivity contribution is -0.121. The topological polar surface area (TPSA) is 71.5 Å². The van der Waals surface area contributed by atoms with Gasteiger partial charge >= 0.3 is 0 Å². The van der Waals surface area contributed by atoms with E-state index >= 15 is 0 Å². The Morgan fingerprint density at radius 2 is 2.08 bits per heavy atom. The molecule has 26 heavy (non-hydrogen) atoms. The first kappa shape index (κ1) is 16.7. The van der Waals surface area contributed by atoms with Gasteiger partial charge in [0.2, 0.25) is 5.91 Å². The second-order valence-electron chi connectivity index (χ2n) is 6.61. The Kier molecular flexibility index (Phi) is 4.67. The van der Waals surface area contributed by atoms with Crippen LogP contribution in [0, 0.1) is 0 Å². The van der Waals surface area contributed by atoms with Gasteiger partial charge in [0.25, 0.3) is 5.91 Å². The maximum absolute atomic E-state index is 12.9. The highest BCUT2D eigenvalue weighted by Crippen LogP contribution is 2.38. The standard InChI is InChI=1S/C20H21N3O3/c24-18(22-13-15-8-5-11-26-15)12-17-19-16(9-4-10-21-19)20(25)23(17)14-6-2-1-3-7-14/h1-4,6-7,9-10,15,17H,5,8,11-13H2,(H,22,24)/t15-,17-/m0/s1. The van der Waals surface area contributed by atoms with Gasteiger partial charge < -0.3 is 10.1 Å². The molecule has 1 aromatic heterocycles. The molecule has 6 heteroatoms. The zero-order valence-corrected chi connectivity index (χ0v) is 14.4. The molecular formula is C20H21N3O3. The van der Waals surface area contributed by atoms with Crippen LogP contribution in [-0.2, 0) is 9.53 Å². The van der Waals surface area contributed by atoms with Crippen molar-refractivity contribution in [2.75, 3.05) is 18.1 Å². The Balaban J connectivity index is 1.54. The Hall–Kier alpha value is -2.73. The van der Waals surface area contributed by atoms with Crippen molar-refractivity contribution in [3.63, 3.8) is 0 Å². The van der Waals surface area contributed by atoms with E-state index in [0.717, 1.165) is 25.1 Å². The number of anilines is 1. The van der Waals surface area contributed by atoms with Gasteiger partial charge in [0.15, 0.2) is 0 Å². The van der Waals surface area contributed by atoms with Gasteiger partial charge in [0.1, 0.15) is 0 Å². The number of aromatic nitrogens is 1. The Labute approximate surface area is 152 Å². The molecule has 2 amide bonds. The number of para-hydroxylation sites is 1. The van der Waals surface area contributed by atoms with Gasteiger partial charge in [0, 0.05) is 25.0 Å². The molecule has 0 unspecified atom stereocenters. The zero-order valence-electron chi connectivity index (χ0n) is 14.4. The minimum Gasteiger partial charge on any atom is -0.376 e. The lowest BCUT2D eigenvalue weighted by Gasteiger charge is -2.24. The molecule has 2 aromatic rings. The summed E-state index contributed by atoms with van der Waals surface area (Å²) in [6, 6.07) is 12.5. The summed E-state index contributed by atoms with van der Waals surface area (Å²) in [5.41, 5.74) is 1.99. The molecule has 3 heterocycles. The van der Waals surface area contributed by atoms with Gasteiger partial charge in [-0.05, 0) is 37.1 Å². The van der Waals surface area contributed by atoms with Crippen molar-refractivity contribution in [2.45, 2.75) is 31.4 Å². The number of ether oxygens (including phenoxy) is 1. The van der Waals surface area contributed by atoms with Gasteiger partial charge in [0.05, 0.1) is 29.8 Å². The molecule has 0 radical (unpaired) electrons. The lowest BCUT2D eigenvalue weighted by Crippen LogP contribution is -2.36. The Bertz CT molecular complexity index is 803. The van der Waals surface area contributed by atoms with Crippen molar-refractivity contribution in [2.24, 2.45) is 0 Å². The van der Waals surface area contributed by atoms with Gasteiger partial charge in [-0.25, -0.2) is 0 Å². The molecule has 2 aliphatic rings. The van der Waals surface area contributed by atoms with Crippen molar-refractivity contribution < 1.29 is 14.3 Å². The summed E-state index contributed by atoms with van der Waals surface area (Å²) in [5.74, 6) is -0.214. The van der Waals surface area contributed by atoms with Crippen LogP contribution in [0.15, 0.2) is 48.7 Å². The number of rotatable bonds is 5. The molecular weight excluding hydrogens is 330 g/mol. The van der Waals surface area contributed by atoms with Crippen LogP contribution in [0.25, 0.3) is 0 Å². The molecule has 2 atom stereocenters. The maximum Gasteiger partial charge on any atom is 0.260 e. The van der Waals surface area contributed by atoms with Crippen LogP contribution in [0.5, 0.6) is 0 Å². The summed E-state index contributed by atoms with van der Waals surface area (Å²) in [5, 5.41) is 2.94. The van der Waals surface area contributed by atoms with Crippen LogP contribution in [0.2, 0.25) is 0 Å². The summed E-state index contributed by atoms with van der Waals surface area (Å²) in [6.07, 6.45) is 3.95. The van der Waals surface area contributed by atoms with Crippen LogP contribution in [0.3, 0.4) is 0 Å². The largest absolute Gasteiger partial charge is 0.376 e. The molecule has 0 bridgehead atoms. The fraction of sp³-hybridized carbons (Fsp3) is 0.350. The number of nitrogens with one attached hydrogen (secondary N) is 1. The summed E-state index contributed by atoms with van der Waals surface area (Å²) < 4.78 is 5.55. The molecule has 1 saturated heterocycles. The molecule has 6 nitrogen and oxygen atoms in total. The number of hydrogen-bond acceptors (Lipinski definition) is 4. The Morgan fingerprint density at radius 3 is 2.85 bits per heavy atom. The van der Waals surface area contributed by atoms with Crippen LogP contribution in [-0.4, -0.2) is 36.1 Å². The third kappa shape index (κ3) is 3.20. The van der Waals surface area contributed by atoms with Crippen LogP contribution >= 0.6 is 0 Å². The van der Waals surface area contributed by atoms with Crippen molar-refractivity contribution in [1.82, 2.24) is 10.3 Å². The van der Waals surface area contributed by atoms with Crippen LogP contribution in [0.4, 0.5) is 5.69 Å². The quantitative estimate of drug-likeness (QED) is 0.898. The van der Waals surface area contributed by atoms with E-state index < -0.39 is 6.04 Å².